The molecule has 0 aliphatic rings. The second kappa shape index (κ2) is 4.64. The molecule has 0 heterocycles. The Labute approximate surface area is 89.3 Å². The zero-order chi connectivity index (χ0) is 12.3. The maximum absolute atomic E-state index is 10.5. The van der Waals surface area contributed by atoms with Crippen LogP contribution in [-0.2, 0) is 4.89 Å². The van der Waals surface area contributed by atoms with E-state index in [-0.39, 0.29) is 5.56 Å². The number of hydrogen-bond donors (Lipinski definition) is 1. The molecule has 0 radical (unpaired) electrons. The monoisotopic (exact) mass is 228 g/mol. The largest absolute Gasteiger partial charge is 0.276 e. The molecule has 0 aliphatic heterocycles. The minimum atomic E-state index is -0.876. The standard InChI is InChI=1S/C8H8N2O6/c1-5(16-15)6-2-7(9(11)12)4-8(3-6)10(13)14/h2-5,15H,1H3. The Morgan fingerprint density at radius 3 is 1.94 bits per heavy atom. The minimum absolute atomic E-state index is 0.156. The summed E-state index contributed by atoms with van der Waals surface area (Å²) in [6.45, 7) is 1.41. The smallest absolute Gasteiger partial charge is 0.258 e. The highest BCUT2D eigenvalue weighted by molar-refractivity contribution is 5.47. The maximum Gasteiger partial charge on any atom is 0.276 e. The van der Waals surface area contributed by atoms with Gasteiger partial charge in [-0.25, -0.2) is 4.89 Å². The molecular weight excluding hydrogens is 220 g/mol. The molecule has 0 saturated heterocycles. The molecule has 0 saturated carbocycles. The Balaban J connectivity index is 3.29. The van der Waals surface area contributed by atoms with E-state index in [0.717, 1.165) is 18.2 Å². The van der Waals surface area contributed by atoms with Gasteiger partial charge >= 0.3 is 0 Å². The van der Waals surface area contributed by atoms with Crippen molar-refractivity contribution in [2.24, 2.45) is 0 Å². The fourth-order valence-corrected chi connectivity index (χ4v) is 1.12. The Hall–Kier alpha value is -2.06. The molecule has 1 atom stereocenters. The van der Waals surface area contributed by atoms with Gasteiger partial charge in [-0.15, -0.1) is 0 Å². The zero-order valence-corrected chi connectivity index (χ0v) is 8.19. The molecule has 0 amide bonds. The van der Waals surface area contributed by atoms with E-state index >= 15 is 0 Å². The van der Waals surface area contributed by atoms with Crippen LogP contribution in [0.2, 0.25) is 0 Å². The SMILES string of the molecule is CC(OO)c1cc([N+](=O)[O-])cc([N+](=O)[O-])c1. The first-order chi connectivity index (χ1) is 7.45. The van der Waals surface area contributed by atoms with Crippen LogP contribution in [0.25, 0.3) is 0 Å². The van der Waals surface area contributed by atoms with Crippen LogP contribution in [0.4, 0.5) is 11.4 Å². The van der Waals surface area contributed by atoms with Crippen molar-refractivity contribution in [3.05, 3.63) is 44.0 Å². The van der Waals surface area contributed by atoms with Crippen molar-refractivity contribution in [3.8, 4) is 0 Å². The van der Waals surface area contributed by atoms with Crippen LogP contribution in [0.5, 0.6) is 0 Å². The lowest BCUT2D eigenvalue weighted by Gasteiger charge is -2.06. The van der Waals surface area contributed by atoms with E-state index in [1.165, 1.54) is 6.92 Å². The summed E-state index contributed by atoms with van der Waals surface area (Å²) in [5.74, 6) is 0. The highest BCUT2D eigenvalue weighted by Crippen LogP contribution is 2.27. The number of hydrogen-bond acceptors (Lipinski definition) is 6. The first kappa shape index (κ1) is 12.0. The Kier molecular flexibility index (Phi) is 3.48. The lowest BCUT2D eigenvalue weighted by molar-refractivity contribution is -0.394. The third-order valence-corrected chi connectivity index (χ3v) is 1.97. The number of nitro groups is 2. The van der Waals surface area contributed by atoms with Gasteiger partial charge in [-0.05, 0) is 12.5 Å². The van der Waals surface area contributed by atoms with Gasteiger partial charge in [0.15, 0.2) is 0 Å². The molecule has 1 aromatic carbocycles. The molecule has 8 nitrogen and oxygen atoms in total. The van der Waals surface area contributed by atoms with Crippen LogP contribution < -0.4 is 0 Å². The normalized spacial score (nSPS) is 12.1. The summed E-state index contributed by atoms with van der Waals surface area (Å²) in [6.07, 6.45) is -0.876. The Morgan fingerprint density at radius 1 is 1.19 bits per heavy atom. The molecular formula is C8H8N2O6. The summed E-state index contributed by atoms with van der Waals surface area (Å²) in [6, 6.07) is 3.05. The van der Waals surface area contributed by atoms with Crippen molar-refractivity contribution in [1.82, 2.24) is 0 Å². The van der Waals surface area contributed by atoms with E-state index in [2.05, 4.69) is 4.89 Å². The van der Waals surface area contributed by atoms with Gasteiger partial charge in [0.25, 0.3) is 11.4 Å². The Morgan fingerprint density at radius 2 is 1.62 bits per heavy atom. The van der Waals surface area contributed by atoms with Crippen LogP contribution in [-0.4, -0.2) is 15.1 Å². The summed E-state index contributed by atoms with van der Waals surface area (Å²) in [4.78, 5) is 23.5. The summed E-state index contributed by atoms with van der Waals surface area (Å²) in [5, 5.41) is 29.4. The third kappa shape index (κ3) is 2.49. The van der Waals surface area contributed by atoms with Gasteiger partial charge in [0, 0.05) is 12.1 Å². The predicted octanol–water partition coefficient (Wildman–Crippen LogP) is 2.05. The average Bonchev–Trinajstić information content (AvgIpc) is 2.27. The van der Waals surface area contributed by atoms with Crippen molar-refractivity contribution < 1.29 is 20.0 Å². The van der Waals surface area contributed by atoms with Crippen molar-refractivity contribution in [2.75, 3.05) is 0 Å². The molecule has 1 N–H and O–H groups in total. The summed E-state index contributed by atoms with van der Waals surface area (Å²) < 4.78 is 0. The number of rotatable bonds is 4. The summed E-state index contributed by atoms with van der Waals surface area (Å²) in [7, 11) is 0. The zero-order valence-electron chi connectivity index (χ0n) is 8.19. The molecule has 16 heavy (non-hydrogen) atoms. The fourth-order valence-electron chi connectivity index (χ4n) is 1.12. The van der Waals surface area contributed by atoms with E-state index in [1.54, 1.807) is 0 Å². The van der Waals surface area contributed by atoms with Gasteiger partial charge in [0.2, 0.25) is 0 Å². The average molecular weight is 228 g/mol. The molecule has 86 valence electrons. The van der Waals surface area contributed by atoms with E-state index in [0.29, 0.717) is 0 Å². The lowest BCUT2D eigenvalue weighted by atomic mass is 10.1. The molecule has 8 heteroatoms. The second-order valence-corrected chi connectivity index (χ2v) is 3.04. The number of nitrogens with zero attached hydrogens (tertiary/aromatic N) is 2. The highest BCUT2D eigenvalue weighted by atomic mass is 17.1. The van der Waals surface area contributed by atoms with Gasteiger partial charge in [-0.1, -0.05) is 0 Å². The predicted molar refractivity (Wildman–Crippen MR) is 51.9 cm³/mol. The Bertz CT molecular complexity index is 400. The van der Waals surface area contributed by atoms with E-state index in [1.807, 2.05) is 0 Å². The number of nitro benzene ring substituents is 2. The van der Waals surface area contributed by atoms with Crippen molar-refractivity contribution in [3.63, 3.8) is 0 Å². The van der Waals surface area contributed by atoms with E-state index in [4.69, 9.17) is 5.26 Å². The maximum atomic E-state index is 10.5. The van der Waals surface area contributed by atoms with Gasteiger partial charge in [-0.2, -0.15) is 0 Å². The molecule has 0 bridgehead atoms. The molecule has 0 aliphatic carbocycles. The van der Waals surface area contributed by atoms with E-state index < -0.39 is 27.3 Å². The van der Waals surface area contributed by atoms with Crippen LogP contribution in [0.1, 0.15) is 18.6 Å². The lowest BCUT2D eigenvalue weighted by Crippen LogP contribution is -2.00. The molecule has 1 unspecified atom stereocenters. The molecule has 0 aromatic heterocycles. The van der Waals surface area contributed by atoms with Crippen LogP contribution >= 0.6 is 0 Å². The van der Waals surface area contributed by atoms with Crippen LogP contribution in [0.15, 0.2) is 18.2 Å². The molecule has 0 fully saturated rings. The third-order valence-electron chi connectivity index (χ3n) is 1.97. The topological polar surface area (TPSA) is 116 Å². The fraction of sp³-hybridized carbons (Fsp3) is 0.250. The van der Waals surface area contributed by atoms with E-state index in [9.17, 15) is 20.2 Å². The van der Waals surface area contributed by atoms with Crippen LogP contribution in [0, 0.1) is 20.2 Å². The van der Waals surface area contributed by atoms with Gasteiger partial charge in [-0.3, -0.25) is 25.5 Å². The van der Waals surface area contributed by atoms with Gasteiger partial charge in [0.05, 0.1) is 15.9 Å². The minimum Gasteiger partial charge on any atom is -0.258 e. The second-order valence-electron chi connectivity index (χ2n) is 3.04. The van der Waals surface area contributed by atoms with Crippen molar-refractivity contribution in [1.29, 1.82) is 0 Å². The quantitative estimate of drug-likeness (QED) is 0.478. The number of non-ortho nitro benzene ring substituents is 2. The summed E-state index contributed by atoms with van der Waals surface area (Å²) in [5.41, 5.74) is -0.690. The van der Waals surface area contributed by atoms with Crippen molar-refractivity contribution in [2.45, 2.75) is 13.0 Å². The first-order valence-corrected chi connectivity index (χ1v) is 4.19. The molecule has 1 aromatic rings. The molecule has 0 spiro atoms. The first-order valence-electron chi connectivity index (χ1n) is 4.19. The van der Waals surface area contributed by atoms with Gasteiger partial charge in [0.1, 0.15) is 6.10 Å². The van der Waals surface area contributed by atoms with Crippen LogP contribution in [0.3, 0.4) is 0 Å². The molecule has 1 rings (SSSR count). The summed E-state index contributed by atoms with van der Waals surface area (Å²) >= 11 is 0. The van der Waals surface area contributed by atoms with Crippen molar-refractivity contribution >= 4 is 11.4 Å². The number of benzene rings is 1. The highest BCUT2D eigenvalue weighted by Gasteiger charge is 2.19. The van der Waals surface area contributed by atoms with Gasteiger partial charge < -0.3 is 0 Å².